The van der Waals surface area contributed by atoms with Crippen LogP contribution in [0.3, 0.4) is 0 Å². The number of hydrogen-bond acceptors (Lipinski definition) is 2. The Morgan fingerprint density at radius 2 is 2.05 bits per heavy atom. The number of rotatable bonds is 5. The Bertz CT molecular complexity index is 430. The van der Waals surface area contributed by atoms with Crippen molar-refractivity contribution in [2.45, 2.75) is 38.3 Å². The lowest BCUT2D eigenvalue weighted by atomic mass is 10.2. The Morgan fingerprint density at radius 3 is 2.74 bits per heavy atom. The molecule has 0 saturated heterocycles. The van der Waals surface area contributed by atoms with E-state index in [1.54, 1.807) is 4.90 Å². The minimum atomic E-state index is 0.117. The monoisotopic (exact) mass is 280 g/mol. The van der Waals surface area contributed by atoms with E-state index < -0.39 is 0 Å². The summed E-state index contributed by atoms with van der Waals surface area (Å²) >= 11 is 6.10. The summed E-state index contributed by atoms with van der Waals surface area (Å²) in [6.45, 7) is 0.983. The first-order valence-electron chi connectivity index (χ1n) is 6.87. The smallest absolute Gasteiger partial charge is 0.236 e. The van der Waals surface area contributed by atoms with Crippen LogP contribution >= 0.6 is 11.6 Å². The fraction of sp³-hybridized carbons (Fsp3) is 0.533. The van der Waals surface area contributed by atoms with Crippen LogP contribution in [0.1, 0.15) is 31.2 Å². The molecule has 0 aromatic heterocycles. The van der Waals surface area contributed by atoms with E-state index in [2.05, 4.69) is 5.32 Å². The predicted molar refractivity (Wildman–Crippen MR) is 78.2 cm³/mol. The lowest BCUT2D eigenvalue weighted by molar-refractivity contribution is -0.129. The maximum atomic E-state index is 12.0. The second-order valence-electron chi connectivity index (χ2n) is 5.20. The van der Waals surface area contributed by atoms with Gasteiger partial charge >= 0.3 is 0 Å². The zero-order valence-electron chi connectivity index (χ0n) is 11.4. The van der Waals surface area contributed by atoms with Crippen LogP contribution < -0.4 is 5.32 Å². The van der Waals surface area contributed by atoms with E-state index >= 15 is 0 Å². The first-order valence-corrected chi connectivity index (χ1v) is 7.25. The van der Waals surface area contributed by atoms with Crippen LogP contribution in [0.2, 0.25) is 5.02 Å². The van der Waals surface area contributed by atoms with E-state index in [1.165, 1.54) is 25.7 Å². The normalized spacial score (nSPS) is 15.7. The molecule has 1 aliphatic rings. The van der Waals surface area contributed by atoms with Crippen molar-refractivity contribution in [1.82, 2.24) is 10.2 Å². The second kappa shape index (κ2) is 6.92. The molecule has 19 heavy (non-hydrogen) atoms. The van der Waals surface area contributed by atoms with Crippen LogP contribution in [-0.2, 0) is 11.3 Å². The molecule has 1 aromatic rings. The lowest BCUT2D eigenvalue weighted by Crippen LogP contribution is -2.38. The van der Waals surface area contributed by atoms with Gasteiger partial charge in [-0.25, -0.2) is 0 Å². The van der Waals surface area contributed by atoms with Gasteiger partial charge in [0.05, 0.1) is 6.54 Å². The van der Waals surface area contributed by atoms with Crippen molar-refractivity contribution >= 4 is 17.5 Å². The molecule has 1 saturated carbocycles. The van der Waals surface area contributed by atoms with Gasteiger partial charge < -0.3 is 10.2 Å². The van der Waals surface area contributed by atoms with Gasteiger partial charge in [-0.3, -0.25) is 4.79 Å². The molecular weight excluding hydrogens is 260 g/mol. The van der Waals surface area contributed by atoms with Gasteiger partial charge in [-0.2, -0.15) is 0 Å². The average molecular weight is 281 g/mol. The molecule has 0 spiro atoms. The zero-order chi connectivity index (χ0) is 13.7. The number of carbonyl (C=O) groups excluding carboxylic acids is 1. The maximum absolute atomic E-state index is 12.0. The van der Waals surface area contributed by atoms with Gasteiger partial charge in [0.25, 0.3) is 0 Å². The van der Waals surface area contributed by atoms with Gasteiger partial charge in [-0.15, -0.1) is 0 Å². The summed E-state index contributed by atoms with van der Waals surface area (Å²) in [5, 5.41) is 4.05. The molecule has 1 aromatic carbocycles. The third kappa shape index (κ3) is 4.22. The molecule has 1 aliphatic carbocycles. The Morgan fingerprint density at radius 1 is 1.37 bits per heavy atom. The Kier molecular flexibility index (Phi) is 5.23. The molecule has 0 heterocycles. The molecule has 4 heteroatoms. The third-order valence-electron chi connectivity index (χ3n) is 3.69. The van der Waals surface area contributed by atoms with Crippen molar-refractivity contribution in [2.24, 2.45) is 0 Å². The summed E-state index contributed by atoms with van der Waals surface area (Å²) in [4.78, 5) is 13.8. The maximum Gasteiger partial charge on any atom is 0.236 e. The minimum Gasteiger partial charge on any atom is -0.340 e. The fourth-order valence-electron chi connectivity index (χ4n) is 2.47. The van der Waals surface area contributed by atoms with Crippen molar-refractivity contribution in [3.63, 3.8) is 0 Å². The van der Waals surface area contributed by atoms with Crippen molar-refractivity contribution in [3.05, 3.63) is 34.9 Å². The summed E-state index contributed by atoms with van der Waals surface area (Å²) < 4.78 is 0. The molecule has 0 radical (unpaired) electrons. The molecule has 104 valence electrons. The molecule has 0 atom stereocenters. The molecule has 0 bridgehead atoms. The molecule has 1 amide bonds. The first-order chi connectivity index (χ1) is 9.16. The summed E-state index contributed by atoms with van der Waals surface area (Å²) in [5.41, 5.74) is 0.987. The highest BCUT2D eigenvalue weighted by Gasteiger charge is 2.17. The highest BCUT2D eigenvalue weighted by Crippen LogP contribution is 2.18. The molecule has 1 N–H and O–H groups in total. The topological polar surface area (TPSA) is 32.3 Å². The summed E-state index contributed by atoms with van der Waals surface area (Å²) in [7, 11) is 1.82. The molecule has 0 unspecified atom stereocenters. The number of carbonyl (C=O) groups is 1. The van der Waals surface area contributed by atoms with E-state index in [-0.39, 0.29) is 5.91 Å². The number of hydrogen-bond donors (Lipinski definition) is 1. The summed E-state index contributed by atoms with van der Waals surface area (Å²) in [6, 6.07) is 8.17. The van der Waals surface area contributed by atoms with Gasteiger partial charge in [-0.1, -0.05) is 42.6 Å². The fourth-order valence-corrected chi connectivity index (χ4v) is 2.66. The zero-order valence-corrected chi connectivity index (χ0v) is 12.1. The van der Waals surface area contributed by atoms with Crippen molar-refractivity contribution < 1.29 is 4.79 Å². The van der Waals surface area contributed by atoms with E-state index in [1.807, 2.05) is 31.3 Å². The molecule has 0 aliphatic heterocycles. The molecule has 1 fully saturated rings. The van der Waals surface area contributed by atoms with E-state index in [0.717, 1.165) is 5.56 Å². The standard InChI is InChI=1S/C15H21ClN2O/c1-18(11-12-6-2-5-9-14(12)16)15(19)10-17-13-7-3-4-8-13/h2,5-6,9,13,17H,3-4,7-8,10-11H2,1H3. The van der Waals surface area contributed by atoms with Crippen molar-refractivity contribution in [3.8, 4) is 0 Å². The number of nitrogens with zero attached hydrogens (tertiary/aromatic N) is 1. The quantitative estimate of drug-likeness (QED) is 0.899. The number of likely N-dealkylation sites (N-methyl/N-ethyl adjacent to an activating group) is 1. The van der Waals surface area contributed by atoms with E-state index in [4.69, 9.17) is 11.6 Å². The van der Waals surface area contributed by atoms with Crippen molar-refractivity contribution in [2.75, 3.05) is 13.6 Å². The van der Waals surface area contributed by atoms with Crippen molar-refractivity contribution in [1.29, 1.82) is 0 Å². The van der Waals surface area contributed by atoms with Crippen LogP contribution in [-0.4, -0.2) is 30.4 Å². The van der Waals surface area contributed by atoms with Crippen LogP contribution in [0.5, 0.6) is 0 Å². The van der Waals surface area contributed by atoms with E-state index in [0.29, 0.717) is 24.2 Å². The first kappa shape index (κ1) is 14.4. The van der Waals surface area contributed by atoms with E-state index in [9.17, 15) is 4.79 Å². The van der Waals surface area contributed by atoms with Crippen LogP contribution in [0.15, 0.2) is 24.3 Å². The predicted octanol–water partition coefficient (Wildman–Crippen LogP) is 2.83. The van der Waals surface area contributed by atoms with Gasteiger partial charge in [0.1, 0.15) is 0 Å². The van der Waals surface area contributed by atoms with Crippen LogP contribution in [0.25, 0.3) is 0 Å². The second-order valence-corrected chi connectivity index (χ2v) is 5.61. The molecule has 3 nitrogen and oxygen atoms in total. The molecular formula is C15H21ClN2O. The SMILES string of the molecule is CN(Cc1ccccc1Cl)C(=O)CNC1CCCC1. The number of amides is 1. The van der Waals surface area contributed by atoms with Gasteiger partial charge in [-0.05, 0) is 24.5 Å². The number of nitrogens with one attached hydrogen (secondary N) is 1. The lowest BCUT2D eigenvalue weighted by Gasteiger charge is -2.20. The summed E-state index contributed by atoms with van der Waals surface area (Å²) in [5.74, 6) is 0.117. The third-order valence-corrected chi connectivity index (χ3v) is 4.06. The Labute approximate surface area is 119 Å². The van der Waals surface area contributed by atoms with Crippen LogP contribution in [0, 0.1) is 0 Å². The Balaban J connectivity index is 1.80. The number of halogens is 1. The van der Waals surface area contributed by atoms with Gasteiger partial charge in [0.15, 0.2) is 0 Å². The largest absolute Gasteiger partial charge is 0.340 e. The number of benzene rings is 1. The minimum absolute atomic E-state index is 0.117. The average Bonchev–Trinajstić information content (AvgIpc) is 2.91. The van der Waals surface area contributed by atoms with Gasteiger partial charge in [0, 0.05) is 24.7 Å². The summed E-state index contributed by atoms with van der Waals surface area (Å²) in [6.07, 6.45) is 4.95. The van der Waals surface area contributed by atoms with Gasteiger partial charge in [0.2, 0.25) is 5.91 Å². The highest BCUT2D eigenvalue weighted by molar-refractivity contribution is 6.31. The molecule has 2 rings (SSSR count). The Hall–Kier alpha value is -1.06. The highest BCUT2D eigenvalue weighted by atomic mass is 35.5. The van der Waals surface area contributed by atoms with Crippen LogP contribution in [0.4, 0.5) is 0 Å².